The van der Waals surface area contributed by atoms with Crippen molar-refractivity contribution in [2.75, 3.05) is 10.6 Å². The van der Waals surface area contributed by atoms with Crippen LogP contribution in [-0.2, 0) is 22.6 Å². The number of rotatable bonds is 11. The molecule has 1 heterocycles. The third-order valence-corrected chi connectivity index (χ3v) is 6.90. The molecule has 1 unspecified atom stereocenters. The molecule has 5 aromatic rings. The molecule has 7 heteroatoms. The van der Waals surface area contributed by atoms with Gasteiger partial charge in [-0.2, -0.15) is 0 Å². The molecule has 0 fully saturated rings. The Labute approximate surface area is 264 Å². The Morgan fingerprint density at radius 3 is 2.11 bits per heavy atom. The normalized spacial score (nSPS) is 11.7. The number of pyridine rings is 1. The van der Waals surface area contributed by atoms with Crippen molar-refractivity contribution in [3.05, 3.63) is 144 Å². The van der Waals surface area contributed by atoms with Gasteiger partial charge in [-0.15, -0.1) is 0 Å². The van der Waals surface area contributed by atoms with Gasteiger partial charge in [0, 0.05) is 35.2 Å². The van der Waals surface area contributed by atoms with Gasteiger partial charge in [-0.3, -0.25) is 9.78 Å². The largest absolute Gasteiger partial charge is 0.489 e. The fraction of sp³-hybridized carbons (Fsp3) is 0.184. The van der Waals surface area contributed by atoms with E-state index in [0.29, 0.717) is 24.3 Å². The zero-order chi connectivity index (χ0) is 31.6. The standard InChI is InChI=1S/C38H37N3O4/c1-38(2,3)45-37(43)35(25-31-13-9-10-24-39-31)40-29-18-20-30(21-19-29)41-36(42)34-15-8-7-14-33(34)28-16-22-32(23-17-28)44-26-27-11-5-4-6-12-27/h4-24,35,40H,25-26H2,1-3H3,(H,41,42). The van der Waals surface area contributed by atoms with Gasteiger partial charge >= 0.3 is 5.97 Å². The van der Waals surface area contributed by atoms with Gasteiger partial charge in [0.25, 0.3) is 5.91 Å². The molecule has 0 radical (unpaired) electrons. The quantitative estimate of drug-likeness (QED) is 0.150. The Morgan fingerprint density at radius 2 is 1.42 bits per heavy atom. The molecular weight excluding hydrogens is 562 g/mol. The zero-order valence-electron chi connectivity index (χ0n) is 25.7. The van der Waals surface area contributed by atoms with Gasteiger partial charge in [-0.05, 0) is 92.1 Å². The minimum atomic E-state index is -0.637. The number of carbonyl (C=O) groups is 2. The van der Waals surface area contributed by atoms with Crippen molar-refractivity contribution in [2.45, 2.75) is 45.4 Å². The maximum atomic E-state index is 13.4. The summed E-state index contributed by atoms with van der Waals surface area (Å²) in [7, 11) is 0. The number of nitrogens with one attached hydrogen (secondary N) is 2. The summed E-state index contributed by atoms with van der Waals surface area (Å²) in [4.78, 5) is 30.8. The van der Waals surface area contributed by atoms with E-state index < -0.39 is 11.6 Å². The van der Waals surface area contributed by atoms with Crippen LogP contribution in [-0.4, -0.2) is 28.5 Å². The monoisotopic (exact) mass is 599 g/mol. The van der Waals surface area contributed by atoms with Crippen LogP contribution in [0.3, 0.4) is 0 Å². The van der Waals surface area contributed by atoms with Gasteiger partial charge in [-0.1, -0.05) is 66.7 Å². The van der Waals surface area contributed by atoms with Gasteiger partial charge < -0.3 is 20.1 Å². The Kier molecular flexibility index (Phi) is 9.90. The highest BCUT2D eigenvalue weighted by atomic mass is 16.6. The van der Waals surface area contributed by atoms with Crippen LogP contribution in [0.15, 0.2) is 128 Å². The summed E-state index contributed by atoms with van der Waals surface area (Å²) in [5.41, 5.74) is 4.88. The minimum Gasteiger partial charge on any atom is -0.489 e. The predicted molar refractivity (Wildman–Crippen MR) is 178 cm³/mol. The lowest BCUT2D eigenvalue weighted by Crippen LogP contribution is -2.38. The summed E-state index contributed by atoms with van der Waals surface area (Å²) in [5, 5.41) is 6.28. The van der Waals surface area contributed by atoms with E-state index in [4.69, 9.17) is 9.47 Å². The molecule has 0 spiro atoms. The second-order valence-corrected chi connectivity index (χ2v) is 11.6. The molecule has 5 rings (SSSR count). The van der Waals surface area contributed by atoms with Crippen LogP contribution >= 0.6 is 0 Å². The van der Waals surface area contributed by atoms with Crippen molar-refractivity contribution in [3.8, 4) is 16.9 Å². The molecule has 0 aliphatic rings. The number of amides is 1. The first kappa shape index (κ1) is 31.0. The first-order valence-corrected chi connectivity index (χ1v) is 14.9. The molecule has 0 aliphatic carbocycles. The van der Waals surface area contributed by atoms with Gasteiger partial charge in [0.05, 0.1) is 0 Å². The highest BCUT2D eigenvalue weighted by Gasteiger charge is 2.26. The molecule has 1 atom stereocenters. The van der Waals surface area contributed by atoms with Crippen LogP contribution in [0.1, 0.15) is 42.4 Å². The fourth-order valence-electron chi connectivity index (χ4n) is 4.75. The Balaban J connectivity index is 1.24. The lowest BCUT2D eigenvalue weighted by Gasteiger charge is -2.25. The number of carbonyl (C=O) groups excluding carboxylic acids is 2. The van der Waals surface area contributed by atoms with Crippen molar-refractivity contribution < 1.29 is 19.1 Å². The van der Waals surface area contributed by atoms with Gasteiger partial charge in [0.15, 0.2) is 0 Å². The Hall–Kier alpha value is -5.43. The van der Waals surface area contributed by atoms with E-state index >= 15 is 0 Å². The van der Waals surface area contributed by atoms with Crippen molar-refractivity contribution in [1.82, 2.24) is 4.98 Å². The maximum Gasteiger partial charge on any atom is 0.329 e. The number of benzene rings is 4. The van der Waals surface area contributed by atoms with Crippen LogP contribution in [0, 0.1) is 0 Å². The van der Waals surface area contributed by atoms with Crippen molar-refractivity contribution >= 4 is 23.3 Å². The summed E-state index contributed by atoms with van der Waals surface area (Å²) < 4.78 is 11.6. The Bertz CT molecular complexity index is 1700. The highest BCUT2D eigenvalue weighted by Crippen LogP contribution is 2.27. The van der Waals surface area contributed by atoms with Gasteiger partial charge in [0.2, 0.25) is 0 Å². The number of hydrogen-bond acceptors (Lipinski definition) is 6. The van der Waals surface area contributed by atoms with Crippen molar-refractivity contribution in [3.63, 3.8) is 0 Å². The zero-order valence-corrected chi connectivity index (χ0v) is 25.7. The molecular formula is C38H37N3O4. The van der Waals surface area contributed by atoms with E-state index in [2.05, 4.69) is 15.6 Å². The Morgan fingerprint density at radius 1 is 0.756 bits per heavy atom. The molecule has 7 nitrogen and oxygen atoms in total. The summed E-state index contributed by atoms with van der Waals surface area (Å²) in [5.74, 6) is 0.169. The third-order valence-electron chi connectivity index (χ3n) is 6.90. The lowest BCUT2D eigenvalue weighted by molar-refractivity contribution is -0.155. The summed E-state index contributed by atoms with van der Waals surface area (Å²) >= 11 is 0. The number of aromatic nitrogens is 1. The minimum absolute atomic E-state index is 0.225. The van der Waals surface area contributed by atoms with E-state index in [1.165, 1.54) is 0 Å². The van der Waals surface area contributed by atoms with Crippen LogP contribution in [0.5, 0.6) is 5.75 Å². The van der Waals surface area contributed by atoms with E-state index in [0.717, 1.165) is 33.8 Å². The molecule has 1 aromatic heterocycles. The highest BCUT2D eigenvalue weighted by molar-refractivity contribution is 6.08. The molecule has 2 N–H and O–H groups in total. The summed E-state index contributed by atoms with van der Waals surface area (Å²) in [6.45, 7) is 6.01. The maximum absolute atomic E-state index is 13.4. The van der Waals surface area contributed by atoms with E-state index in [1.54, 1.807) is 18.3 Å². The third kappa shape index (κ3) is 9.03. The topological polar surface area (TPSA) is 89.5 Å². The number of hydrogen-bond donors (Lipinski definition) is 2. The molecule has 228 valence electrons. The second kappa shape index (κ2) is 14.4. The van der Waals surface area contributed by atoms with Gasteiger partial charge in [-0.25, -0.2) is 4.79 Å². The molecule has 45 heavy (non-hydrogen) atoms. The lowest BCUT2D eigenvalue weighted by atomic mass is 9.99. The van der Waals surface area contributed by atoms with Gasteiger partial charge in [0.1, 0.15) is 24.0 Å². The SMILES string of the molecule is CC(C)(C)OC(=O)C(Cc1ccccn1)Nc1ccc(NC(=O)c2ccccc2-c2ccc(OCc3ccccc3)cc2)cc1. The van der Waals surface area contributed by atoms with E-state index in [-0.39, 0.29) is 11.9 Å². The summed E-state index contributed by atoms with van der Waals surface area (Å²) in [6.07, 6.45) is 2.07. The van der Waals surface area contributed by atoms with E-state index in [9.17, 15) is 9.59 Å². The number of esters is 1. The molecule has 4 aromatic carbocycles. The van der Waals surface area contributed by atoms with Crippen LogP contribution in [0.4, 0.5) is 11.4 Å². The second-order valence-electron chi connectivity index (χ2n) is 11.6. The van der Waals surface area contributed by atoms with Crippen LogP contribution in [0.25, 0.3) is 11.1 Å². The molecule has 0 aliphatic heterocycles. The molecule has 0 bridgehead atoms. The first-order valence-electron chi connectivity index (χ1n) is 14.9. The number of ether oxygens (including phenoxy) is 2. The van der Waals surface area contributed by atoms with E-state index in [1.807, 2.05) is 130 Å². The first-order chi connectivity index (χ1) is 21.7. The molecule has 0 saturated carbocycles. The van der Waals surface area contributed by atoms with Crippen LogP contribution < -0.4 is 15.4 Å². The average molecular weight is 600 g/mol. The predicted octanol–water partition coefficient (Wildman–Crippen LogP) is 7.94. The fourth-order valence-corrected chi connectivity index (χ4v) is 4.75. The molecule has 1 amide bonds. The smallest absolute Gasteiger partial charge is 0.329 e. The van der Waals surface area contributed by atoms with Crippen molar-refractivity contribution in [1.29, 1.82) is 0 Å². The molecule has 0 saturated heterocycles. The number of nitrogens with zero attached hydrogens (tertiary/aromatic N) is 1. The van der Waals surface area contributed by atoms with Crippen molar-refractivity contribution in [2.24, 2.45) is 0 Å². The van der Waals surface area contributed by atoms with Crippen LogP contribution in [0.2, 0.25) is 0 Å². The average Bonchev–Trinajstić information content (AvgIpc) is 3.05. The number of anilines is 2. The summed E-state index contributed by atoms with van der Waals surface area (Å²) in [6, 6.07) is 37.5.